The molecule has 31 heavy (non-hydrogen) atoms. The quantitative estimate of drug-likeness (QED) is 0.450. The summed E-state index contributed by atoms with van der Waals surface area (Å²) in [5.74, 6) is -0.195. The largest absolute Gasteiger partial charge is 0.497 e. The fraction of sp³-hybridized carbons (Fsp3) is 0.125. The third-order valence-electron chi connectivity index (χ3n) is 4.39. The topological polar surface area (TPSA) is 93.7 Å². The summed E-state index contributed by atoms with van der Waals surface area (Å²) in [7, 11) is 1.54. The Morgan fingerprint density at radius 3 is 2.16 bits per heavy atom. The van der Waals surface area contributed by atoms with Gasteiger partial charge >= 0.3 is 5.97 Å². The van der Waals surface area contributed by atoms with E-state index in [2.05, 4.69) is 10.6 Å². The van der Waals surface area contributed by atoms with Gasteiger partial charge in [0.15, 0.2) is 0 Å². The Morgan fingerprint density at radius 1 is 0.806 bits per heavy atom. The molecule has 0 unspecified atom stereocenters. The summed E-state index contributed by atoms with van der Waals surface area (Å²) in [5, 5.41) is 5.69. The van der Waals surface area contributed by atoms with Crippen molar-refractivity contribution in [3.05, 3.63) is 89.5 Å². The van der Waals surface area contributed by atoms with Gasteiger partial charge < -0.3 is 20.1 Å². The third kappa shape index (κ3) is 5.93. The molecule has 0 spiro atoms. The average molecular weight is 418 g/mol. The second kappa shape index (κ2) is 10.1. The van der Waals surface area contributed by atoms with Gasteiger partial charge in [-0.15, -0.1) is 0 Å². The van der Waals surface area contributed by atoms with E-state index in [1.54, 1.807) is 54.6 Å². The van der Waals surface area contributed by atoms with E-state index < -0.39 is 5.97 Å². The first-order valence-corrected chi connectivity index (χ1v) is 9.56. The Kier molecular flexibility index (Phi) is 7.01. The first kappa shape index (κ1) is 21.6. The van der Waals surface area contributed by atoms with Crippen molar-refractivity contribution in [3.8, 4) is 11.5 Å². The van der Waals surface area contributed by atoms with Gasteiger partial charge in [-0.1, -0.05) is 30.3 Å². The Morgan fingerprint density at radius 2 is 1.45 bits per heavy atom. The molecule has 0 saturated carbocycles. The summed E-state index contributed by atoms with van der Waals surface area (Å²) in [5.41, 5.74) is 2.12. The molecule has 0 aromatic heterocycles. The normalized spacial score (nSPS) is 10.1. The molecule has 0 aliphatic carbocycles. The standard InChI is InChI=1S/C24H22N2O5/c1-16(27)31-21-11-6-9-18(14-21)24(29)26-22-12-4-3-7-19(22)15-25-23(28)17-8-5-10-20(13-17)30-2/h3-14H,15H2,1-2H3,(H,25,28)(H,26,29). The van der Waals surface area contributed by atoms with Crippen molar-refractivity contribution < 1.29 is 23.9 Å². The van der Waals surface area contributed by atoms with E-state index in [1.165, 1.54) is 20.1 Å². The van der Waals surface area contributed by atoms with E-state index in [1.807, 2.05) is 12.1 Å². The first-order valence-electron chi connectivity index (χ1n) is 9.56. The van der Waals surface area contributed by atoms with Crippen LogP contribution in [0.1, 0.15) is 33.2 Å². The maximum Gasteiger partial charge on any atom is 0.308 e. The lowest BCUT2D eigenvalue weighted by Crippen LogP contribution is -2.24. The van der Waals surface area contributed by atoms with Crippen molar-refractivity contribution >= 4 is 23.5 Å². The number of benzene rings is 3. The van der Waals surface area contributed by atoms with Crippen LogP contribution >= 0.6 is 0 Å². The van der Waals surface area contributed by atoms with E-state index in [0.717, 1.165) is 5.56 Å². The maximum absolute atomic E-state index is 12.7. The van der Waals surface area contributed by atoms with E-state index >= 15 is 0 Å². The van der Waals surface area contributed by atoms with Crippen molar-refractivity contribution in [2.45, 2.75) is 13.5 Å². The van der Waals surface area contributed by atoms with Crippen LogP contribution in [0, 0.1) is 0 Å². The van der Waals surface area contributed by atoms with Crippen molar-refractivity contribution in [2.24, 2.45) is 0 Å². The van der Waals surface area contributed by atoms with Gasteiger partial charge in [-0.3, -0.25) is 14.4 Å². The number of anilines is 1. The highest BCUT2D eigenvalue weighted by Crippen LogP contribution is 2.19. The highest BCUT2D eigenvalue weighted by molar-refractivity contribution is 6.05. The average Bonchev–Trinajstić information content (AvgIpc) is 2.78. The predicted molar refractivity (Wildman–Crippen MR) is 116 cm³/mol. The number of rotatable bonds is 7. The van der Waals surface area contributed by atoms with E-state index in [-0.39, 0.29) is 18.4 Å². The van der Waals surface area contributed by atoms with Gasteiger partial charge in [0.2, 0.25) is 0 Å². The summed E-state index contributed by atoms with van der Waals surface area (Å²) in [6.07, 6.45) is 0. The van der Waals surface area contributed by atoms with Gasteiger partial charge in [-0.25, -0.2) is 0 Å². The monoisotopic (exact) mass is 418 g/mol. The molecule has 3 aromatic rings. The lowest BCUT2D eigenvalue weighted by molar-refractivity contribution is -0.131. The van der Waals surface area contributed by atoms with Crippen LogP contribution < -0.4 is 20.1 Å². The van der Waals surface area contributed by atoms with Crippen molar-refractivity contribution in [1.82, 2.24) is 5.32 Å². The molecule has 3 aromatic carbocycles. The molecular weight excluding hydrogens is 396 g/mol. The number of nitrogens with one attached hydrogen (secondary N) is 2. The molecular formula is C24H22N2O5. The number of methoxy groups -OCH3 is 1. The molecule has 0 bridgehead atoms. The van der Waals surface area contributed by atoms with E-state index in [0.29, 0.717) is 28.3 Å². The number of hydrogen-bond donors (Lipinski definition) is 2. The number of esters is 1. The Balaban J connectivity index is 1.69. The van der Waals surface area contributed by atoms with Crippen LogP contribution in [0.25, 0.3) is 0 Å². The molecule has 2 N–H and O–H groups in total. The van der Waals surface area contributed by atoms with Gasteiger partial charge in [0.1, 0.15) is 11.5 Å². The molecule has 0 radical (unpaired) electrons. The molecule has 0 heterocycles. The number of carbonyl (C=O) groups is 3. The van der Waals surface area contributed by atoms with E-state index in [4.69, 9.17) is 9.47 Å². The highest BCUT2D eigenvalue weighted by atomic mass is 16.5. The summed E-state index contributed by atoms with van der Waals surface area (Å²) in [6.45, 7) is 1.52. The molecule has 2 amide bonds. The molecule has 7 heteroatoms. The first-order chi connectivity index (χ1) is 15.0. The summed E-state index contributed by atoms with van der Waals surface area (Å²) in [4.78, 5) is 36.3. The van der Waals surface area contributed by atoms with Crippen LogP contribution in [0.4, 0.5) is 5.69 Å². The molecule has 7 nitrogen and oxygen atoms in total. The summed E-state index contributed by atoms with van der Waals surface area (Å²) >= 11 is 0. The minimum absolute atomic E-state index is 0.222. The van der Waals surface area contributed by atoms with Crippen LogP contribution in [0.5, 0.6) is 11.5 Å². The molecule has 0 aliphatic rings. The maximum atomic E-state index is 12.7. The van der Waals surface area contributed by atoms with Crippen LogP contribution in [0.15, 0.2) is 72.8 Å². The molecule has 3 rings (SSSR count). The van der Waals surface area contributed by atoms with Crippen LogP contribution in [-0.4, -0.2) is 24.9 Å². The second-order valence-corrected chi connectivity index (χ2v) is 6.65. The Hall–Kier alpha value is -4.13. The molecule has 0 aliphatic heterocycles. The molecule has 158 valence electrons. The summed E-state index contributed by atoms with van der Waals surface area (Å²) in [6, 6.07) is 20.4. The van der Waals surface area contributed by atoms with Gasteiger partial charge in [0, 0.05) is 30.3 Å². The van der Waals surface area contributed by atoms with E-state index in [9.17, 15) is 14.4 Å². The molecule has 0 saturated heterocycles. The van der Waals surface area contributed by atoms with Crippen molar-refractivity contribution in [2.75, 3.05) is 12.4 Å². The zero-order valence-corrected chi connectivity index (χ0v) is 17.2. The number of para-hydroxylation sites is 1. The number of amides is 2. The predicted octanol–water partition coefficient (Wildman–Crippen LogP) is 3.80. The summed E-state index contributed by atoms with van der Waals surface area (Å²) < 4.78 is 10.2. The van der Waals surface area contributed by atoms with Crippen LogP contribution in [0.2, 0.25) is 0 Å². The zero-order chi connectivity index (χ0) is 22.2. The molecule has 0 atom stereocenters. The zero-order valence-electron chi connectivity index (χ0n) is 17.2. The molecule has 0 fully saturated rings. The third-order valence-corrected chi connectivity index (χ3v) is 4.39. The number of ether oxygens (including phenoxy) is 2. The van der Waals surface area contributed by atoms with Crippen molar-refractivity contribution in [1.29, 1.82) is 0 Å². The Bertz CT molecular complexity index is 1110. The fourth-order valence-electron chi connectivity index (χ4n) is 2.90. The second-order valence-electron chi connectivity index (χ2n) is 6.65. The minimum Gasteiger partial charge on any atom is -0.497 e. The van der Waals surface area contributed by atoms with Crippen LogP contribution in [0.3, 0.4) is 0 Å². The van der Waals surface area contributed by atoms with Gasteiger partial charge in [-0.2, -0.15) is 0 Å². The minimum atomic E-state index is -0.463. The van der Waals surface area contributed by atoms with Crippen molar-refractivity contribution in [3.63, 3.8) is 0 Å². The van der Waals surface area contributed by atoms with Crippen LogP contribution in [-0.2, 0) is 11.3 Å². The lowest BCUT2D eigenvalue weighted by Gasteiger charge is -2.13. The Labute approximate surface area is 180 Å². The van der Waals surface area contributed by atoms with Gasteiger partial charge in [-0.05, 0) is 48.0 Å². The van der Waals surface area contributed by atoms with Gasteiger partial charge in [0.25, 0.3) is 11.8 Å². The highest BCUT2D eigenvalue weighted by Gasteiger charge is 2.12. The lowest BCUT2D eigenvalue weighted by atomic mass is 10.1. The SMILES string of the molecule is COc1cccc(C(=O)NCc2ccccc2NC(=O)c2cccc(OC(C)=O)c2)c1. The van der Waals surface area contributed by atoms with Gasteiger partial charge in [0.05, 0.1) is 7.11 Å². The number of hydrogen-bond acceptors (Lipinski definition) is 5. The number of carbonyl (C=O) groups excluding carboxylic acids is 3. The fourth-order valence-corrected chi connectivity index (χ4v) is 2.90. The smallest absolute Gasteiger partial charge is 0.308 e.